The van der Waals surface area contributed by atoms with Crippen molar-refractivity contribution in [3.63, 3.8) is 0 Å². The molecule has 0 saturated carbocycles. The van der Waals surface area contributed by atoms with Gasteiger partial charge in [0.25, 0.3) is 0 Å². The van der Waals surface area contributed by atoms with Crippen molar-refractivity contribution in [2.24, 2.45) is 0 Å². The molecular weight excluding hydrogens is 447 g/mol. The van der Waals surface area contributed by atoms with Crippen LogP contribution in [0, 0.1) is 11.3 Å². The second-order valence-electron chi connectivity index (χ2n) is 6.06. The lowest BCUT2D eigenvalue weighted by Gasteiger charge is -2.19. The Balaban J connectivity index is 2.45. The fourth-order valence-electron chi connectivity index (χ4n) is 2.19. The summed E-state index contributed by atoms with van der Waals surface area (Å²) < 4.78 is 30.8. The maximum atomic E-state index is 12.6. The van der Waals surface area contributed by atoms with Crippen molar-refractivity contribution < 1.29 is 23.1 Å². The minimum Gasteiger partial charge on any atom is -0.469 e. The molecule has 0 amide bonds. The lowest BCUT2D eigenvalue weighted by molar-refractivity contribution is -0.143. The van der Waals surface area contributed by atoms with Gasteiger partial charge in [0.1, 0.15) is 4.90 Å². The SMILES string of the molecule is COC(=O)CC(O)(C#N)CSCCCCN(C)S(=O)(=O)c1ccc(Cl)cc1Cl. The molecule has 7 nitrogen and oxygen atoms in total. The van der Waals surface area contributed by atoms with Gasteiger partial charge in [-0.05, 0) is 36.8 Å². The molecule has 28 heavy (non-hydrogen) atoms. The number of aliphatic hydroxyl groups is 1. The van der Waals surface area contributed by atoms with Crippen molar-refractivity contribution in [1.29, 1.82) is 5.26 Å². The molecule has 156 valence electrons. The number of thioether (sulfide) groups is 1. The number of sulfonamides is 1. The summed E-state index contributed by atoms with van der Waals surface area (Å²) in [5.74, 6) is 0.00535. The van der Waals surface area contributed by atoms with Crippen molar-refractivity contribution in [2.75, 3.05) is 32.2 Å². The van der Waals surface area contributed by atoms with Gasteiger partial charge in [0.15, 0.2) is 5.60 Å². The lowest BCUT2D eigenvalue weighted by Crippen LogP contribution is -2.33. The first-order chi connectivity index (χ1) is 13.1. The summed E-state index contributed by atoms with van der Waals surface area (Å²) in [4.78, 5) is 11.2. The average molecular weight is 469 g/mol. The summed E-state index contributed by atoms with van der Waals surface area (Å²) in [6.07, 6.45) is 0.852. The van der Waals surface area contributed by atoms with E-state index in [0.717, 1.165) is 0 Å². The van der Waals surface area contributed by atoms with E-state index in [1.807, 2.05) is 0 Å². The Bertz CT molecular complexity index is 829. The Hall–Kier alpha value is -1.02. The van der Waals surface area contributed by atoms with Crippen LogP contribution in [0.3, 0.4) is 0 Å². The van der Waals surface area contributed by atoms with Crippen LogP contribution in [-0.4, -0.2) is 61.6 Å². The largest absolute Gasteiger partial charge is 0.469 e. The van der Waals surface area contributed by atoms with E-state index in [-0.39, 0.29) is 22.2 Å². The summed E-state index contributed by atoms with van der Waals surface area (Å²) in [5.41, 5.74) is -1.77. The molecule has 1 rings (SSSR count). The third-order valence-corrected chi connectivity index (χ3v) is 7.64. The number of hydrogen-bond acceptors (Lipinski definition) is 7. The molecule has 1 atom stereocenters. The van der Waals surface area contributed by atoms with E-state index < -0.39 is 28.0 Å². The van der Waals surface area contributed by atoms with Gasteiger partial charge in [0, 0.05) is 24.4 Å². The van der Waals surface area contributed by atoms with E-state index in [4.69, 9.17) is 28.5 Å². The molecule has 0 fully saturated rings. The van der Waals surface area contributed by atoms with Crippen molar-refractivity contribution in [2.45, 2.75) is 29.8 Å². The number of hydrogen-bond donors (Lipinski definition) is 1. The van der Waals surface area contributed by atoms with E-state index >= 15 is 0 Å². The van der Waals surface area contributed by atoms with Crippen LogP contribution in [0.4, 0.5) is 0 Å². The van der Waals surface area contributed by atoms with E-state index in [1.165, 1.54) is 48.4 Å². The lowest BCUT2D eigenvalue weighted by atomic mass is 10.1. The summed E-state index contributed by atoms with van der Waals surface area (Å²) in [6.45, 7) is 0.284. The number of esters is 1. The number of benzene rings is 1. The van der Waals surface area contributed by atoms with Gasteiger partial charge in [-0.25, -0.2) is 12.7 Å². The monoisotopic (exact) mass is 468 g/mol. The number of carbonyl (C=O) groups excluding carboxylic acids is 1. The number of ether oxygens (including phenoxy) is 1. The van der Waals surface area contributed by atoms with Crippen LogP contribution >= 0.6 is 35.0 Å². The second-order valence-corrected chi connectivity index (χ2v) is 10.0. The Morgan fingerprint density at radius 1 is 1.39 bits per heavy atom. The van der Waals surface area contributed by atoms with Crippen LogP contribution < -0.4 is 0 Å². The molecule has 0 spiro atoms. The quantitative estimate of drug-likeness (QED) is 0.302. The molecule has 0 aliphatic heterocycles. The van der Waals surface area contributed by atoms with Gasteiger partial charge in [-0.2, -0.15) is 17.0 Å². The molecule has 0 bridgehead atoms. The van der Waals surface area contributed by atoms with E-state index in [2.05, 4.69) is 4.74 Å². The van der Waals surface area contributed by atoms with Crippen LogP contribution in [0.15, 0.2) is 23.1 Å². The molecule has 0 aromatic heterocycles. The summed E-state index contributed by atoms with van der Waals surface area (Å²) in [7, 11) is -1.06. The molecule has 0 saturated heterocycles. The zero-order valence-electron chi connectivity index (χ0n) is 15.5. The van der Waals surface area contributed by atoms with Crippen molar-refractivity contribution in [3.05, 3.63) is 28.2 Å². The van der Waals surface area contributed by atoms with Gasteiger partial charge < -0.3 is 9.84 Å². The highest BCUT2D eigenvalue weighted by Crippen LogP contribution is 2.27. The number of nitrogens with zero attached hydrogens (tertiary/aromatic N) is 2. The highest BCUT2D eigenvalue weighted by molar-refractivity contribution is 7.99. The standard InChI is InChI=1S/C17H22Cl2N2O5S2/c1-21(28(24,25)15-6-5-13(18)9-14(15)19)7-3-4-8-27-12-17(23,11-20)10-16(22)26-2/h5-6,9,23H,3-4,7-8,10,12H2,1-2H3. The first kappa shape index (κ1) is 25.0. The highest BCUT2D eigenvalue weighted by atomic mass is 35.5. The van der Waals surface area contributed by atoms with Crippen LogP contribution in [0.2, 0.25) is 10.0 Å². The van der Waals surface area contributed by atoms with Crippen molar-refractivity contribution in [1.82, 2.24) is 4.31 Å². The molecular formula is C17H22Cl2N2O5S2. The zero-order valence-corrected chi connectivity index (χ0v) is 18.7. The summed E-state index contributed by atoms with van der Waals surface area (Å²) >= 11 is 13.1. The normalized spacial score (nSPS) is 13.8. The minimum atomic E-state index is -3.72. The predicted molar refractivity (Wildman–Crippen MR) is 110 cm³/mol. The van der Waals surface area contributed by atoms with Gasteiger partial charge in [-0.1, -0.05) is 23.2 Å². The van der Waals surface area contributed by atoms with Crippen LogP contribution in [0.1, 0.15) is 19.3 Å². The van der Waals surface area contributed by atoms with Gasteiger partial charge in [0.2, 0.25) is 10.0 Å². The Morgan fingerprint density at radius 3 is 2.64 bits per heavy atom. The molecule has 1 N–H and O–H groups in total. The fourth-order valence-corrected chi connectivity index (χ4v) is 5.19. The number of rotatable bonds is 11. The first-order valence-electron chi connectivity index (χ1n) is 8.25. The smallest absolute Gasteiger partial charge is 0.309 e. The Kier molecular flexibility index (Phi) is 10.0. The number of halogens is 2. The Morgan fingerprint density at radius 2 is 2.07 bits per heavy atom. The molecule has 1 unspecified atom stereocenters. The number of unbranched alkanes of at least 4 members (excludes halogenated alkanes) is 1. The average Bonchev–Trinajstić information content (AvgIpc) is 2.63. The molecule has 1 aromatic carbocycles. The highest BCUT2D eigenvalue weighted by Gasteiger charge is 2.30. The third kappa shape index (κ3) is 7.43. The van der Waals surface area contributed by atoms with Crippen LogP contribution in [0.5, 0.6) is 0 Å². The molecule has 0 aliphatic carbocycles. The van der Waals surface area contributed by atoms with Gasteiger partial charge in [-0.3, -0.25) is 4.79 Å². The number of carbonyl (C=O) groups is 1. The molecule has 1 aromatic rings. The molecule has 11 heteroatoms. The molecule has 0 radical (unpaired) electrons. The van der Waals surface area contributed by atoms with Crippen molar-refractivity contribution >= 4 is 51.0 Å². The maximum Gasteiger partial charge on any atom is 0.309 e. The molecule has 0 aliphatic rings. The fraction of sp³-hybridized carbons (Fsp3) is 0.529. The van der Waals surface area contributed by atoms with Crippen LogP contribution in [-0.2, 0) is 19.6 Å². The topological polar surface area (TPSA) is 108 Å². The van der Waals surface area contributed by atoms with E-state index in [9.17, 15) is 18.3 Å². The minimum absolute atomic E-state index is 0.00247. The van der Waals surface area contributed by atoms with Crippen molar-refractivity contribution in [3.8, 4) is 6.07 Å². The first-order valence-corrected chi connectivity index (χ1v) is 11.6. The van der Waals surface area contributed by atoms with Gasteiger partial charge in [0.05, 0.1) is 24.6 Å². The predicted octanol–water partition coefficient (Wildman–Crippen LogP) is 2.95. The number of methoxy groups -OCH3 is 1. The summed E-state index contributed by atoms with van der Waals surface area (Å²) in [6, 6.07) is 5.94. The second kappa shape index (κ2) is 11.2. The maximum absolute atomic E-state index is 12.6. The summed E-state index contributed by atoms with van der Waals surface area (Å²) in [5, 5.41) is 19.5. The van der Waals surface area contributed by atoms with Gasteiger partial charge >= 0.3 is 5.97 Å². The van der Waals surface area contributed by atoms with E-state index in [0.29, 0.717) is 23.6 Å². The van der Waals surface area contributed by atoms with Crippen LogP contribution in [0.25, 0.3) is 0 Å². The molecule has 0 heterocycles. The number of nitriles is 1. The zero-order chi connectivity index (χ0) is 21.4. The Labute approximate surface area is 179 Å². The van der Waals surface area contributed by atoms with E-state index in [1.54, 1.807) is 6.07 Å². The third-order valence-electron chi connectivity index (χ3n) is 3.81. The van der Waals surface area contributed by atoms with Gasteiger partial charge in [-0.15, -0.1) is 0 Å².